The van der Waals surface area contributed by atoms with Crippen LogP contribution in [0, 0.1) is 0 Å². The van der Waals surface area contributed by atoms with Crippen LogP contribution in [0.1, 0.15) is 47.1 Å². The quantitative estimate of drug-likeness (QED) is 0.419. The van der Waals surface area contributed by atoms with Gasteiger partial charge in [-0.15, -0.1) is 0 Å². The molecule has 1 saturated heterocycles. The molecule has 0 saturated carbocycles. The van der Waals surface area contributed by atoms with Gasteiger partial charge in [0.25, 0.3) is 11.8 Å². The molecule has 1 fully saturated rings. The number of anilines is 2. The summed E-state index contributed by atoms with van der Waals surface area (Å²) in [6.45, 7) is 9.01. The molecule has 8 heteroatoms. The first-order chi connectivity index (χ1) is 17.6. The van der Waals surface area contributed by atoms with Gasteiger partial charge in [0.15, 0.2) is 5.11 Å². The molecule has 0 unspecified atom stereocenters. The van der Waals surface area contributed by atoms with Crippen LogP contribution in [-0.4, -0.2) is 48.0 Å². The third-order valence-electron chi connectivity index (χ3n) is 6.37. The van der Waals surface area contributed by atoms with Crippen molar-refractivity contribution in [3.63, 3.8) is 0 Å². The Morgan fingerprint density at radius 3 is 2.11 bits per heavy atom. The Labute approximate surface area is 228 Å². The molecule has 2 amide bonds. The van der Waals surface area contributed by atoms with Crippen molar-refractivity contribution in [3.8, 4) is 0 Å². The number of rotatable bonds is 4. The van der Waals surface area contributed by atoms with Crippen LogP contribution in [0.2, 0.25) is 5.02 Å². The van der Waals surface area contributed by atoms with Crippen LogP contribution in [0.25, 0.3) is 0 Å². The first kappa shape index (κ1) is 26.6. The van der Waals surface area contributed by atoms with Crippen molar-refractivity contribution in [3.05, 3.63) is 94.5 Å². The number of carbonyl (C=O) groups excluding carboxylic acids is 2. The highest BCUT2D eigenvalue weighted by atomic mass is 35.5. The van der Waals surface area contributed by atoms with Gasteiger partial charge in [0.2, 0.25) is 0 Å². The Balaban J connectivity index is 1.31. The van der Waals surface area contributed by atoms with Crippen LogP contribution < -0.4 is 15.5 Å². The van der Waals surface area contributed by atoms with E-state index in [4.69, 9.17) is 23.8 Å². The summed E-state index contributed by atoms with van der Waals surface area (Å²) in [5.74, 6) is -0.227. The zero-order valence-electron chi connectivity index (χ0n) is 21.3. The van der Waals surface area contributed by atoms with Gasteiger partial charge < -0.3 is 15.1 Å². The summed E-state index contributed by atoms with van der Waals surface area (Å²) in [5, 5.41) is 6.52. The molecule has 0 atom stereocenters. The lowest BCUT2D eigenvalue weighted by Gasteiger charge is -2.36. The van der Waals surface area contributed by atoms with Crippen molar-refractivity contribution in [2.45, 2.75) is 26.2 Å². The summed E-state index contributed by atoms with van der Waals surface area (Å²) in [5.41, 5.74) is 3.99. The zero-order valence-corrected chi connectivity index (χ0v) is 22.8. The highest BCUT2D eigenvalue weighted by Gasteiger charge is 2.23. The smallest absolute Gasteiger partial charge is 0.257 e. The zero-order chi connectivity index (χ0) is 26.6. The molecule has 6 nitrogen and oxygen atoms in total. The molecule has 4 rings (SSSR count). The van der Waals surface area contributed by atoms with E-state index in [0.29, 0.717) is 48.0 Å². The van der Waals surface area contributed by atoms with E-state index in [1.165, 1.54) is 0 Å². The van der Waals surface area contributed by atoms with Gasteiger partial charge in [-0.25, -0.2) is 0 Å². The maximum absolute atomic E-state index is 12.7. The summed E-state index contributed by atoms with van der Waals surface area (Å²) in [6, 6.07) is 22.4. The fourth-order valence-corrected chi connectivity index (χ4v) is 4.72. The first-order valence-electron chi connectivity index (χ1n) is 12.2. The normalized spacial score (nSPS) is 13.7. The minimum atomic E-state index is -0.274. The predicted molar refractivity (Wildman–Crippen MR) is 155 cm³/mol. The van der Waals surface area contributed by atoms with Crippen LogP contribution >= 0.6 is 23.8 Å². The van der Waals surface area contributed by atoms with E-state index in [9.17, 15) is 9.59 Å². The number of hydrogen-bond donors (Lipinski definition) is 2. The Bertz CT molecular complexity index is 1280. The standard InChI is InChI=1S/C29H31ClN4O2S/c1-29(2,3)22-11-9-20(10-12-22)26(35)32-28(37)31-23-13-14-25(24(30)19-23)33-15-17-34(18-16-33)27(36)21-7-5-4-6-8-21/h4-14,19H,15-18H2,1-3H3,(H2,31,32,35,37). The van der Waals surface area contributed by atoms with Crippen LogP contribution in [0.3, 0.4) is 0 Å². The average molecular weight is 535 g/mol. The Hall–Kier alpha value is -3.42. The Kier molecular flexibility index (Phi) is 8.15. The molecule has 1 aliphatic heterocycles. The molecule has 0 aliphatic carbocycles. The molecule has 3 aromatic rings. The van der Waals surface area contributed by atoms with Crippen molar-refractivity contribution in [2.75, 3.05) is 36.4 Å². The minimum absolute atomic E-state index is 0.0183. The maximum Gasteiger partial charge on any atom is 0.257 e. The lowest BCUT2D eigenvalue weighted by atomic mass is 9.87. The molecule has 0 radical (unpaired) electrons. The SMILES string of the molecule is CC(C)(C)c1ccc(C(=O)NC(=S)Nc2ccc(N3CCN(C(=O)c4ccccc4)CC3)c(Cl)c2)cc1. The minimum Gasteiger partial charge on any atom is -0.367 e. The van der Waals surface area contributed by atoms with Gasteiger partial charge in [0.05, 0.1) is 10.7 Å². The van der Waals surface area contributed by atoms with Crippen LogP contribution in [0.5, 0.6) is 0 Å². The molecular weight excluding hydrogens is 504 g/mol. The highest BCUT2D eigenvalue weighted by Crippen LogP contribution is 2.30. The van der Waals surface area contributed by atoms with Crippen molar-refractivity contribution >= 4 is 52.1 Å². The summed E-state index contributed by atoms with van der Waals surface area (Å²) in [7, 11) is 0. The van der Waals surface area contributed by atoms with E-state index in [1.807, 2.05) is 59.5 Å². The second-order valence-electron chi connectivity index (χ2n) is 10.0. The van der Waals surface area contributed by atoms with E-state index in [1.54, 1.807) is 18.2 Å². The van der Waals surface area contributed by atoms with Crippen molar-refractivity contribution in [2.24, 2.45) is 0 Å². The van der Waals surface area contributed by atoms with Gasteiger partial charge in [-0.05, 0) is 65.7 Å². The number of nitrogens with one attached hydrogen (secondary N) is 2. The molecule has 0 aromatic heterocycles. The summed E-state index contributed by atoms with van der Waals surface area (Å²) >= 11 is 11.9. The highest BCUT2D eigenvalue weighted by molar-refractivity contribution is 7.80. The van der Waals surface area contributed by atoms with Gasteiger partial charge in [-0.1, -0.05) is 62.7 Å². The van der Waals surface area contributed by atoms with Gasteiger partial charge >= 0.3 is 0 Å². The molecule has 2 N–H and O–H groups in total. The molecule has 37 heavy (non-hydrogen) atoms. The Morgan fingerprint density at radius 2 is 1.51 bits per heavy atom. The summed E-state index contributed by atoms with van der Waals surface area (Å²) < 4.78 is 0. The molecule has 0 bridgehead atoms. The van der Waals surface area contributed by atoms with Gasteiger partial charge in [0, 0.05) is 43.0 Å². The number of piperazine rings is 1. The third-order valence-corrected chi connectivity index (χ3v) is 6.88. The molecule has 1 aliphatic rings. The van der Waals surface area contributed by atoms with Crippen LogP contribution in [-0.2, 0) is 5.41 Å². The van der Waals surface area contributed by atoms with Gasteiger partial charge in [0.1, 0.15) is 0 Å². The van der Waals surface area contributed by atoms with Crippen LogP contribution in [0.4, 0.5) is 11.4 Å². The fourth-order valence-electron chi connectivity index (χ4n) is 4.21. The molecule has 1 heterocycles. The van der Waals surface area contributed by atoms with E-state index in [-0.39, 0.29) is 22.3 Å². The monoisotopic (exact) mass is 534 g/mol. The van der Waals surface area contributed by atoms with Gasteiger partial charge in [-0.3, -0.25) is 14.9 Å². The van der Waals surface area contributed by atoms with Crippen molar-refractivity contribution < 1.29 is 9.59 Å². The fraction of sp³-hybridized carbons (Fsp3) is 0.276. The number of halogens is 1. The lowest BCUT2D eigenvalue weighted by Crippen LogP contribution is -2.48. The Morgan fingerprint density at radius 1 is 0.865 bits per heavy atom. The molecule has 3 aromatic carbocycles. The first-order valence-corrected chi connectivity index (χ1v) is 13.0. The number of hydrogen-bond acceptors (Lipinski definition) is 4. The van der Waals surface area contributed by atoms with Crippen LogP contribution in [0.15, 0.2) is 72.8 Å². The second kappa shape index (κ2) is 11.3. The number of benzene rings is 3. The lowest BCUT2D eigenvalue weighted by molar-refractivity contribution is 0.0746. The predicted octanol–water partition coefficient (Wildman–Crippen LogP) is 5.73. The van der Waals surface area contributed by atoms with Crippen molar-refractivity contribution in [1.82, 2.24) is 10.2 Å². The van der Waals surface area contributed by atoms with E-state index >= 15 is 0 Å². The number of amides is 2. The molecular formula is C29H31ClN4O2S. The summed E-state index contributed by atoms with van der Waals surface area (Å²) in [6.07, 6.45) is 0. The number of carbonyl (C=O) groups is 2. The molecule has 192 valence electrons. The largest absolute Gasteiger partial charge is 0.367 e. The number of nitrogens with zero attached hydrogens (tertiary/aromatic N) is 2. The maximum atomic E-state index is 12.7. The third kappa shape index (κ3) is 6.67. The van der Waals surface area contributed by atoms with Crippen molar-refractivity contribution in [1.29, 1.82) is 0 Å². The van der Waals surface area contributed by atoms with E-state index in [2.05, 4.69) is 36.3 Å². The van der Waals surface area contributed by atoms with Gasteiger partial charge in [-0.2, -0.15) is 0 Å². The number of thiocarbonyl (C=S) groups is 1. The second-order valence-corrected chi connectivity index (χ2v) is 10.9. The molecule has 0 spiro atoms. The summed E-state index contributed by atoms with van der Waals surface area (Å²) in [4.78, 5) is 29.3. The van der Waals surface area contributed by atoms with E-state index in [0.717, 1.165) is 11.3 Å². The average Bonchev–Trinajstić information content (AvgIpc) is 2.88. The topological polar surface area (TPSA) is 64.7 Å². The van der Waals surface area contributed by atoms with E-state index < -0.39 is 0 Å².